The second-order valence-corrected chi connectivity index (χ2v) is 7.39. The van der Waals surface area contributed by atoms with Crippen LogP contribution in [0.5, 0.6) is 0 Å². The minimum absolute atomic E-state index is 0.0340. The first-order valence-corrected chi connectivity index (χ1v) is 8.31. The molecule has 27 heavy (non-hydrogen) atoms. The lowest BCUT2D eigenvalue weighted by Gasteiger charge is -2.29. The van der Waals surface area contributed by atoms with Crippen molar-refractivity contribution < 1.29 is 27.2 Å². The fourth-order valence-electron chi connectivity index (χ4n) is 2.86. The van der Waals surface area contributed by atoms with Crippen LogP contribution in [0.3, 0.4) is 0 Å². The van der Waals surface area contributed by atoms with Gasteiger partial charge in [-0.15, -0.1) is 0 Å². The van der Waals surface area contributed by atoms with Gasteiger partial charge in [-0.25, -0.2) is 4.79 Å². The van der Waals surface area contributed by atoms with Crippen molar-refractivity contribution in [2.45, 2.75) is 44.4 Å². The van der Waals surface area contributed by atoms with E-state index in [0.29, 0.717) is 5.56 Å². The van der Waals surface area contributed by atoms with Crippen molar-refractivity contribution in [1.29, 1.82) is 0 Å². The molecule has 1 unspecified atom stereocenters. The van der Waals surface area contributed by atoms with E-state index in [1.807, 2.05) is 0 Å². The Morgan fingerprint density at radius 1 is 1.26 bits per heavy atom. The molecule has 2 aromatic rings. The van der Waals surface area contributed by atoms with Crippen molar-refractivity contribution in [1.82, 2.24) is 20.0 Å². The average Bonchev–Trinajstić information content (AvgIpc) is 3.21. The van der Waals surface area contributed by atoms with Crippen LogP contribution in [0.15, 0.2) is 29.0 Å². The van der Waals surface area contributed by atoms with E-state index in [2.05, 4.69) is 15.1 Å². The van der Waals surface area contributed by atoms with Crippen LogP contribution in [0, 0.1) is 0 Å². The molecule has 10 heteroatoms. The molecule has 0 aromatic carbocycles. The number of nitrogens with zero attached hydrogens (tertiary/aromatic N) is 4. The van der Waals surface area contributed by atoms with Gasteiger partial charge in [0, 0.05) is 31.0 Å². The first-order valence-electron chi connectivity index (χ1n) is 8.31. The number of aromatic nitrogens is 3. The highest BCUT2D eigenvalue weighted by atomic mass is 19.4. The van der Waals surface area contributed by atoms with Gasteiger partial charge in [0.1, 0.15) is 5.60 Å². The van der Waals surface area contributed by atoms with Crippen LogP contribution < -0.4 is 0 Å². The molecule has 0 bridgehead atoms. The number of alkyl halides is 3. The van der Waals surface area contributed by atoms with Gasteiger partial charge in [0.05, 0.1) is 0 Å². The molecular weight excluding hydrogens is 365 g/mol. The van der Waals surface area contributed by atoms with Gasteiger partial charge in [0.25, 0.3) is 0 Å². The minimum Gasteiger partial charge on any atom is -0.444 e. The van der Waals surface area contributed by atoms with Gasteiger partial charge in [-0.2, -0.15) is 18.2 Å². The van der Waals surface area contributed by atoms with E-state index in [0.717, 1.165) is 4.90 Å². The van der Waals surface area contributed by atoms with Crippen LogP contribution in [0.4, 0.5) is 18.0 Å². The van der Waals surface area contributed by atoms with Crippen molar-refractivity contribution in [3.05, 3.63) is 30.4 Å². The molecule has 146 valence electrons. The predicted molar refractivity (Wildman–Crippen MR) is 87.7 cm³/mol. The maximum absolute atomic E-state index is 14.0. The van der Waals surface area contributed by atoms with Crippen LogP contribution in [0.1, 0.15) is 33.1 Å². The Hall–Kier alpha value is -2.65. The predicted octanol–water partition coefficient (Wildman–Crippen LogP) is 3.57. The maximum atomic E-state index is 14.0. The van der Waals surface area contributed by atoms with Crippen molar-refractivity contribution in [3.8, 4) is 11.4 Å². The maximum Gasteiger partial charge on any atom is 0.410 e. The van der Waals surface area contributed by atoms with E-state index in [4.69, 9.17) is 9.26 Å². The number of ether oxygens (including phenoxy) is 1. The van der Waals surface area contributed by atoms with Gasteiger partial charge < -0.3 is 14.2 Å². The molecule has 1 aliphatic rings. The summed E-state index contributed by atoms with van der Waals surface area (Å²) in [5.74, 6) is -0.528. The van der Waals surface area contributed by atoms with E-state index in [-0.39, 0.29) is 18.8 Å². The molecule has 0 spiro atoms. The summed E-state index contributed by atoms with van der Waals surface area (Å²) in [6.45, 7) is 4.19. The third-order valence-electron chi connectivity index (χ3n) is 4.24. The Balaban J connectivity index is 1.90. The number of hydrogen-bond acceptors (Lipinski definition) is 6. The van der Waals surface area contributed by atoms with E-state index in [1.165, 1.54) is 12.4 Å². The zero-order chi connectivity index (χ0) is 19.9. The number of carbonyl (C=O) groups excluding carboxylic acids is 1. The van der Waals surface area contributed by atoms with E-state index >= 15 is 0 Å². The zero-order valence-corrected chi connectivity index (χ0v) is 15.1. The molecule has 7 nitrogen and oxygen atoms in total. The summed E-state index contributed by atoms with van der Waals surface area (Å²) in [5.41, 5.74) is -2.75. The van der Waals surface area contributed by atoms with E-state index in [1.54, 1.807) is 32.9 Å². The lowest BCUT2D eigenvalue weighted by atomic mass is 9.86. The molecule has 0 radical (unpaired) electrons. The van der Waals surface area contributed by atoms with Gasteiger partial charge in [-0.05, 0) is 39.3 Å². The number of hydrogen-bond donors (Lipinski definition) is 0. The van der Waals surface area contributed by atoms with Crippen molar-refractivity contribution >= 4 is 6.09 Å². The fourth-order valence-corrected chi connectivity index (χ4v) is 2.86. The van der Waals surface area contributed by atoms with Crippen LogP contribution in [-0.4, -0.2) is 51.0 Å². The van der Waals surface area contributed by atoms with Gasteiger partial charge in [-0.1, -0.05) is 5.16 Å². The quantitative estimate of drug-likeness (QED) is 0.787. The minimum atomic E-state index is -4.67. The smallest absolute Gasteiger partial charge is 0.410 e. The Morgan fingerprint density at radius 2 is 1.93 bits per heavy atom. The number of amides is 1. The van der Waals surface area contributed by atoms with E-state index < -0.39 is 35.7 Å². The number of pyridine rings is 1. The molecule has 0 aliphatic carbocycles. The number of halogens is 3. The van der Waals surface area contributed by atoms with Crippen molar-refractivity contribution in [2.75, 3.05) is 13.1 Å². The summed E-state index contributed by atoms with van der Waals surface area (Å²) >= 11 is 0. The molecule has 0 N–H and O–H groups in total. The van der Waals surface area contributed by atoms with Crippen LogP contribution in [-0.2, 0) is 10.2 Å². The highest BCUT2D eigenvalue weighted by Gasteiger charge is 2.63. The second kappa shape index (κ2) is 6.50. The topological polar surface area (TPSA) is 81.4 Å². The summed E-state index contributed by atoms with van der Waals surface area (Å²) in [7, 11) is 0. The van der Waals surface area contributed by atoms with Gasteiger partial charge >= 0.3 is 12.3 Å². The largest absolute Gasteiger partial charge is 0.444 e. The Labute approximate surface area is 153 Å². The summed E-state index contributed by atoms with van der Waals surface area (Å²) in [6, 6.07) is 3.13. The first-order chi connectivity index (χ1) is 12.5. The highest BCUT2D eigenvalue weighted by molar-refractivity contribution is 5.69. The average molecular weight is 384 g/mol. The van der Waals surface area contributed by atoms with Crippen molar-refractivity contribution in [3.63, 3.8) is 0 Å². The normalized spacial score (nSPS) is 20.7. The third kappa shape index (κ3) is 3.74. The zero-order valence-electron chi connectivity index (χ0n) is 15.1. The fraction of sp³-hybridized carbons (Fsp3) is 0.529. The molecule has 0 saturated carbocycles. The molecular formula is C17H19F3N4O3. The monoisotopic (exact) mass is 384 g/mol. The van der Waals surface area contributed by atoms with Gasteiger partial charge in [0.2, 0.25) is 11.7 Å². The molecule has 2 aromatic heterocycles. The summed E-state index contributed by atoms with van der Waals surface area (Å²) in [6.07, 6.45) is -2.91. The van der Waals surface area contributed by atoms with Crippen LogP contribution in [0.2, 0.25) is 0 Å². The SMILES string of the molecule is CC(C)(C)OC(=O)N1CCC(c2nc(-c3ccncc3)no2)(C(F)(F)F)C1. The first kappa shape index (κ1) is 19.1. The third-order valence-corrected chi connectivity index (χ3v) is 4.24. The molecule has 1 saturated heterocycles. The van der Waals surface area contributed by atoms with E-state index in [9.17, 15) is 18.0 Å². The molecule has 1 amide bonds. The number of likely N-dealkylation sites (tertiary alicyclic amines) is 1. The molecule has 1 aliphatic heterocycles. The highest BCUT2D eigenvalue weighted by Crippen LogP contribution is 2.47. The van der Waals surface area contributed by atoms with Gasteiger partial charge in [0.15, 0.2) is 5.41 Å². The Morgan fingerprint density at radius 3 is 2.52 bits per heavy atom. The Bertz CT molecular complexity index is 817. The lowest BCUT2D eigenvalue weighted by molar-refractivity contribution is -0.193. The standard InChI is InChI=1S/C17H19F3N4O3/c1-15(2,3)26-14(25)24-9-6-16(10-24,17(18,19)20)13-22-12(23-27-13)11-4-7-21-8-5-11/h4-5,7-8H,6,9-10H2,1-3H3. The second-order valence-electron chi connectivity index (χ2n) is 7.39. The molecule has 1 fully saturated rings. The summed E-state index contributed by atoms with van der Waals surface area (Å²) in [4.78, 5) is 21.0. The van der Waals surface area contributed by atoms with Gasteiger partial charge in [-0.3, -0.25) is 4.98 Å². The number of carbonyl (C=O) groups is 1. The summed E-state index contributed by atoms with van der Waals surface area (Å²) in [5, 5.41) is 3.67. The summed E-state index contributed by atoms with van der Waals surface area (Å²) < 4.78 is 52.1. The Kier molecular flexibility index (Phi) is 4.61. The molecule has 3 rings (SSSR count). The molecule has 1 atom stereocenters. The van der Waals surface area contributed by atoms with Crippen molar-refractivity contribution in [2.24, 2.45) is 0 Å². The van der Waals surface area contributed by atoms with Crippen LogP contribution in [0.25, 0.3) is 11.4 Å². The number of rotatable bonds is 2. The molecule has 3 heterocycles. The van der Waals surface area contributed by atoms with Crippen LogP contribution >= 0.6 is 0 Å². The lowest BCUT2D eigenvalue weighted by Crippen LogP contribution is -2.46.